The molecule has 0 bridgehead atoms. The minimum atomic E-state index is -0.0162. The Kier molecular flexibility index (Phi) is 2.91. The predicted octanol–water partition coefficient (Wildman–Crippen LogP) is 3.24. The summed E-state index contributed by atoms with van der Waals surface area (Å²) < 4.78 is 6.24. The van der Waals surface area contributed by atoms with Gasteiger partial charge in [-0.3, -0.25) is 4.79 Å². The van der Waals surface area contributed by atoms with Crippen molar-refractivity contribution >= 4 is 21.7 Å². The number of benzene rings is 1. The summed E-state index contributed by atoms with van der Waals surface area (Å²) in [6, 6.07) is 5.63. The SMILES string of the molecule is Cc1cc(Br)ccc1C(=O)C1=CCCO1. The van der Waals surface area contributed by atoms with Crippen LogP contribution in [0.3, 0.4) is 0 Å². The van der Waals surface area contributed by atoms with Crippen LogP contribution in [0.4, 0.5) is 0 Å². The third-order valence-corrected chi connectivity index (χ3v) is 2.86. The zero-order valence-electron chi connectivity index (χ0n) is 8.42. The van der Waals surface area contributed by atoms with Gasteiger partial charge in [0.1, 0.15) is 0 Å². The number of aryl methyl sites for hydroxylation is 1. The lowest BCUT2D eigenvalue weighted by Crippen LogP contribution is -2.05. The van der Waals surface area contributed by atoms with Gasteiger partial charge < -0.3 is 4.74 Å². The van der Waals surface area contributed by atoms with E-state index >= 15 is 0 Å². The molecule has 1 aliphatic heterocycles. The molecule has 1 heterocycles. The number of carbonyl (C=O) groups excluding carboxylic acids is 1. The molecule has 0 fully saturated rings. The molecule has 15 heavy (non-hydrogen) atoms. The Hall–Kier alpha value is -1.09. The van der Waals surface area contributed by atoms with Gasteiger partial charge in [-0.15, -0.1) is 0 Å². The summed E-state index contributed by atoms with van der Waals surface area (Å²) >= 11 is 3.37. The highest BCUT2D eigenvalue weighted by Gasteiger charge is 2.18. The number of allylic oxidation sites excluding steroid dienone is 1. The number of hydrogen-bond donors (Lipinski definition) is 0. The summed E-state index contributed by atoms with van der Waals surface area (Å²) in [7, 11) is 0. The van der Waals surface area contributed by atoms with Crippen molar-refractivity contribution in [3.05, 3.63) is 45.6 Å². The fourth-order valence-electron chi connectivity index (χ4n) is 1.59. The van der Waals surface area contributed by atoms with E-state index in [-0.39, 0.29) is 5.78 Å². The molecule has 1 aliphatic rings. The molecule has 0 saturated carbocycles. The van der Waals surface area contributed by atoms with Crippen molar-refractivity contribution in [2.45, 2.75) is 13.3 Å². The summed E-state index contributed by atoms with van der Waals surface area (Å²) in [6.07, 6.45) is 2.68. The Balaban J connectivity index is 2.33. The van der Waals surface area contributed by atoms with Gasteiger partial charge in [0, 0.05) is 16.5 Å². The van der Waals surface area contributed by atoms with Crippen LogP contribution in [0, 0.1) is 6.92 Å². The van der Waals surface area contributed by atoms with E-state index in [4.69, 9.17) is 4.74 Å². The van der Waals surface area contributed by atoms with Crippen molar-refractivity contribution in [1.29, 1.82) is 0 Å². The van der Waals surface area contributed by atoms with Crippen LogP contribution in [0.15, 0.2) is 34.5 Å². The minimum Gasteiger partial charge on any atom is -0.489 e. The number of halogens is 1. The van der Waals surface area contributed by atoms with Crippen molar-refractivity contribution < 1.29 is 9.53 Å². The number of Topliss-reactive ketones (excluding diaryl/α,β-unsaturated/α-hetero) is 1. The molecule has 2 nitrogen and oxygen atoms in total. The van der Waals surface area contributed by atoms with Gasteiger partial charge in [0.15, 0.2) is 5.76 Å². The second-order valence-electron chi connectivity index (χ2n) is 3.49. The van der Waals surface area contributed by atoms with Crippen molar-refractivity contribution in [1.82, 2.24) is 0 Å². The number of carbonyl (C=O) groups is 1. The molecule has 0 amide bonds. The molecular formula is C12H11BrO2. The maximum atomic E-state index is 12.0. The van der Waals surface area contributed by atoms with Crippen LogP contribution >= 0.6 is 15.9 Å². The highest BCUT2D eigenvalue weighted by atomic mass is 79.9. The lowest BCUT2D eigenvalue weighted by Gasteiger charge is -2.06. The Bertz CT molecular complexity index is 435. The number of ether oxygens (including phenoxy) is 1. The Labute approximate surface area is 97.1 Å². The van der Waals surface area contributed by atoms with Gasteiger partial charge in [-0.2, -0.15) is 0 Å². The molecule has 0 spiro atoms. The van der Waals surface area contributed by atoms with Crippen LogP contribution in [0.25, 0.3) is 0 Å². The third-order valence-electron chi connectivity index (χ3n) is 2.36. The number of rotatable bonds is 2. The Morgan fingerprint density at radius 1 is 1.47 bits per heavy atom. The van der Waals surface area contributed by atoms with Gasteiger partial charge in [-0.1, -0.05) is 15.9 Å². The molecule has 0 aromatic heterocycles. The van der Waals surface area contributed by atoms with Crippen LogP contribution in [-0.4, -0.2) is 12.4 Å². The summed E-state index contributed by atoms with van der Waals surface area (Å²) in [5, 5.41) is 0. The molecular weight excluding hydrogens is 256 g/mol. The van der Waals surface area contributed by atoms with E-state index in [0.717, 1.165) is 16.5 Å². The van der Waals surface area contributed by atoms with Gasteiger partial charge in [-0.05, 0) is 36.8 Å². The Morgan fingerprint density at radius 2 is 2.27 bits per heavy atom. The summed E-state index contributed by atoms with van der Waals surface area (Å²) in [5.74, 6) is 0.470. The molecule has 0 radical (unpaired) electrons. The third kappa shape index (κ3) is 2.12. The van der Waals surface area contributed by atoms with Crippen molar-refractivity contribution in [3.63, 3.8) is 0 Å². The second kappa shape index (κ2) is 4.19. The van der Waals surface area contributed by atoms with E-state index in [1.807, 2.05) is 31.2 Å². The van der Waals surface area contributed by atoms with E-state index in [9.17, 15) is 4.79 Å². The first kappa shape index (κ1) is 10.4. The highest BCUT2D eigenvalue weighted by Crippen LogP contribution is 2.21. The zero-order valence-corrected chi connectivity index (χ0v) is 10.0. The summed E-state index contributed by atoms with van der Waals surface area (Å²) in [4.78, 5) is 12.0. The van der Waals surface area contributed by atoms with Crippen molar-refractivity contribution in [2.75, 3.05) is 6.61 Å². The van der Waals surface area contributed by atoms with E-state index in [1.54, 1.807) is 0 Å². The van der Waals surface area contributed by atoms with Crippen LogP contribution < -0.4 is 0 Å². The normalized spacial score (nSPS) is 14.7. The largest absolute Gasteiger partial charge is 0.489 e. The van der Waals surface area contributed by atoms with Gasteiger partial charge in [-0.25, -0.2) is 0 Å². The zero-order chi connectivity index (χ0) is 10.8. The van der Waals surface area contributed by atoms with Crippen molar-refractivity contribution in [2.24, 2.45) is 0 Å². The van der Waals surface area contributed by atoms with E-state index in [1.165, 1.54) is 0 Å². The predicted molar refractivity (Wildman–Crippen MR) is 61.9 cm³/mol. The first-order chi connectivity index (χ1) is 7.18. The Morgan fingerprint density at radius 3 is 2.87 bits per heavy atom. The smallest absolute Gasteiger partial charge is 0.227 e. The molecule has 1 aromatic rings. The van der Waals surface area contributed by atoms with Crippen LogP contribution in [0.2, 0.25) is 0 Å². The van der Waals surface area contributed by atoms with Gasteiger partial charge in [0.2, 0.25) is 5.78 Å². The molecule has 0 aliphatic carbocycles. The monoisotopic (exact) mass is 266 g/mol. The molecule has 0 unspecified atom stereocenters. The maximum absolute atomic E-state index is 12.0. The van der Waals surface area contributed by atoms with E-state index in [0.29, 0.717) is 17.9 Å². The molecule has 3 heteroatoms. The highest BCUT2D eigenvalue weighted by molar-refractivity contribution is 9.10. The summed E-state index contributed by atoms with van der Waals surface area (Å²) in [5.41, 5.74) is 1.68. The van der Waals surface area contributed by atoms with Gasteiger partial charge in [0.05, 0.1) is 6.61 Å². The topological polar surface area (TPSA) is 26.3 Å². The van der Waals surface area contributed by atoms with Crippen LogP contribution in [0.1, 0.15) is 22.3 Å². The fourth-order valence-corrected chi connectivity index (χ4v) is 2.07. The lowest BCUT2D eigenvalue weighted by molar-refractivity contribution is 0.0941. The average molecular weight is 267 g/mol. The average Bonchev–Trinajstić information content (AvgIpc) is 2.69. The number of hydrogen-bond acceptors (Lipinski definition) is 2. The fraction of sp³-hybridized carbons (Fsp3) is 0.250. The molecule has 2 rings (SSSR count). The second-order valence-corrected chi connectivity index (χ2v) is 4.41. The molecule has 0 N–H and O–H groups in total. The number of ketones is 1. The maximum Gasteiger partial charge on any atom is 0.227 e. The van der Waals surface area contributed by atoms with E-state index < -0.39 is 0 Å². The summed E-state index contributed by atoms with van der Waals surface area (Å²) in [6.45, 7) is 2.55. The van der Waals surface area contributed by atoms with Gasteiger partial charge >= 0.3 is 0 Å². The molecule has 0 saturated heterocycles. The minimum absolute atomic E-state index is 0.0162. The quantitative estimate of drug-likeness (QED) is 0.769. The van der Waals surface area contributed by atoms with Crippen LogP contribution in [0.5, 0.6) is 0 Å². The standard InChI is InChI=1S/C12H11BrO2/c1-8-7-9(13)4-5-10(8)12(14)11-3-2-6-15-11/h3-5,7H,2,6H2,1H3. The first-order valence-corrected chi connectivity index (χ1v) is 5.61. The van der Waals surface area contributed by atoms with Crippen LogP contribution in [-0.2, 0) is 4.74 Å². The van der Waals surface area contributed by atoms with Gasteiger partial charge in [0.25, 0.3) is 0 Å². The molecule has 0 atom stereocenters. The molecule has 78 valence electrons. The van der Waals surface area contributed by atoms with E-state index in [2.05, 4.69) is 15.9 Å². The lowest BCUT2D eigenvalue weighted by atomic mass is 10.0. The molecule has 1 aromatic carbocycles. The first-order valence-electron chi connectivity index (χ1n) is 4.82. The van der Waals surface area contributed by atoms with Crippen molar-refractivity contribution in [3.8, 4) is 0 Å².